The molecule has 6 heteroatoms. The van der Waals surface area contributed by atoms with Gasteiger partial charge in [0.15, 0.2) is 0 Å². The second-order valence-electron chi connectivity index (χ2n) is 24.0. The van der Waals surface area contributed by atoms with E-state index in [0.717, 1.165) is 50.1 Å². The molecule has 0 amide bonds. The Morgan fingerprint density at radius 1 is 0.446 bits per heavy atom. The van der Waals surface area contributed by atoms with Gasteiger partial charge in [0.2, 0.25) is 0 Å². The smallest absolute Gasteiger partial charge is 0.135 e. The van der Waals surface area contributed by atoms with Crippen molar-refractivity contribution in [2.75, 3.05) is 9.80 Å². The maximum atomic E-state index is 7.10. The van der Waals surface area contributed by atoms with Crippen molar-refractivity contribution in [1.82, 2.24) is 9.55 Å². The van der Waals surface area contributed by atoms with Crippen molar-refractivity contribution in [3.8, 4) is 28.4 Å². The van der Waals surface area contributed by atoms with E-state index in [1.807, 2.05) is 12.3 Å². The van der Waals surface area contributed by atoms with Crippen LogP contribution in [-0.4, -0.2) is 9.55 Å². The zero-order valence-corrected chi connectivity index (χ0v) is 47.6. The van der Waals surface area contributed by atoms with Crippen LogP contribution in [-0.2, 0) is 48.1 Å². The molecular weight excluding hydrogens is 1080 g/mol. The van der Waals surface area contributed by atoms with E-state index < -0.39 is 10.8 Å². The molecule has 0 bridgehead atoms. The summed E-state index contributed by atoms with van der Waals surface area (Å²) in [5.41, 5.74) is 13.4. The van der Waals surface area contributed by atoms with Crippen LogP contribution in [0, 0.1) is 18.8 Å². The zero-order valence-electron chi connectivity index (χ0n) is 45.3. The molecule has 5 nitrogen and oxygen atoms in total. The maximum Gasteiger partial charge on any atom is 0.135 e. The standard InChI is InChI=1S/C68H69N4O.Pt/c1-64(2,3)50-30-23-31-53(39-50)70-45-71(63(68(12,13)49-28-21-16-22-29-49)62(70)67(10,11)48-26-19-15-20-27-48)54-40-52(66(7,8)9)41-56(43-54)73-55-33-34-57-58-38-47(46-24-17-14-18-25-46)32-35-59(58)72(60(57)44-55)61-42-51(36-37-69-61)65(4,5)6;/h14-42,45H,1-13H3;/q-3;. The van der Waals surface area contributed by atoms with Crippen LogP contribution in [0.25, 0.3) is 38.8 Å². The first-order valence-corrected chi connectivity index (χ1v) is 25.8. The van der Waals surface area contributed by atoms with Crippen LogP contribution in [0.4, 0.5) is 11.4 Å². The van der Waals surface area contributed by atoms with Gasteiger partial charge < -0.3 is 19.1 Å². The SMILES string of the molecule is CC(C)(C)c1cc(Oc2[c-]c3c(cc2)c2cc(-c4ccccc4)ccc2n3-c2cc(C(C)(C)C)ccn2)[c-]c(N2[CH-]N(c3cccc(C(C)(C)C)c3)C(C(C)(C)c3ccccc3)=C2C(C)(C)c2ccccc2)c1.[Pt]. The number of hydrogen-bond donors (Lipinski definition) is 0. The molecule has 0 radical (unpaired) electrons. The number of aromatic nitrogens is 2. The minimum atomic E-state index is -0.479. The first-order chi connectivity index (χ1) is 34.6. The third-order valence-electron chi connectivity index (χ3n) is 14.9. The van der Waals surface area contributed by atoms with E-state index in [1.54, 1.807) is 0 Å². The number of anilines is 2. The van der Waals surface area contributed by atoms with Crippen LogP contribution >= 0.6 is 0 Å². The molecule has 0 N–H and O–H groups in total. The first-order valence-electron chi connectivity index (χ1n) is 25.8. The van der Waals surface area contributed by atoms with E-state index >= 15 is 0 Å². The summed E-state index contributed by atoms with van der Waals surface area (Å²) in [5, 5.41) is 2.20. The van der Waals surface area contributed by atoms with E-state index in [9.17, 15) is 0 Å². The normalized spacial score (nSPS) is 13.7. The van der Waals surface area contributed by atoms with Crippen molar-refractivity contribution in [3.05, 3.63) is 234 Å². The number of ether oxygens (including phenoxy) is 1. The fourth-order valence-electron chi connectivity index (χ4n) is 10.4. The van der Waals surface area contributed by atoms with Crippen molar-refractivity contribution in [3.63, 3.8) is 0 Å². The van der Waals surface area contributed by atoms with Crippen molar-refractivity contribution in [2.45, 2.75) is 117 Å². The van der Waals surface area contributed by atoms with Gasteiger partial charge in [0.25, 0.3) is 0 Å². The zero-order chi connectivity index (χ0) is 51.7. The Balaban J connectivity index is 0.00000672. The number of pyridine rings is 1. The van der Waals surface area contributed by atoms with Gasteiger partial charge >= 0.3 is 0 Å². The third-order valence-corrected chi connectivity index (χ3v) is 14.9. The first kappa shape index (κ1) is 52.2. The molecule has 9 aromatic rings. The molecule has 0 fully saturated rings. The molecule has 7 aromatic carbocycles. The van der Waals surface area contributed by atoms with E-state index in [-0.39, 0.29) is 37.3 Å². The number of hydrogen-bond acceptors (Lipinski definition) is 4. The number of benzene rings is 7. The van der Waals surface area contributed by atoms with Crippen LogP contribution in [0.15, 0.2) is 187 Å². The quantitative estimate of drug-likeness (QED) is 0.128. The molecule has 0 spiro atoms. The predicted octanol–water partition coefficient (Wildman–Crippen LogP) is 17.7. The molecule has 1 aliphatic rings. The van der Waals surface area contributed by atoms with E-state index in [1.165, 1.54) is 39.2 Å². The summed E-state index contributed by atoms with van der Waals surface area (Å²) < 4.78 is 9.34. The van der Waals surface area contributed by atoms with E-state index in [2.05, 4.69) is 287 Å². The Morgan fingerprint density at radius 2 is 1.01 bits per heavy atom. The third kappa shape index (κ3) is 9.89. The minimum absolute atomic E-state index is 0. The summed E-state index contributed by atoms with van der Waals surface area (Å²) >= 11 is 0. The van der Waals surface area contributed by atoms with Crippen molar-refractivity contribution in [1.29, 1.82) is 0 Å². The molecule has 0 saturated carbocycles. The molecule has 10 rings (SSSR count). The molecule has 0 aliphatic carbocycles. The van der Waals surface area contributed by atoms with Crippen molar-refractivity contribution < 1.29 is 25.8 Å². The second kappa shape index (κ2) is 19.5. The summed E-state index contributed by atoms with van der Waals surface area (Å²) in [6.07, 6.45) is 1.92. The van der Waals surface area contributed by atoms with Crippen LogP contribution in [0.1, 0.15) is 118 Å². The number of rotatable bonds is 10. The molecule has 0 atom stereocenters. The van der Waals surface area contributed by atoms with E-state index in [0.29, 0.717) is 11.5 Å². The van der Waals surface area contributed by atoms with Crippen LogP contribution in [0.2, 0.25) is 0 Å². The van der Waals surface area contributed by atoms with Crippen LogP contribution < -0.4 is 14.5 Å². The number of fused-ring (bicyclic) bond motifs is 3. The Labute approximate surface area is 455 Å². The van der Waals surface area contributed by atoms with Gasteiger partial charge in [-0.05, 0) is 85.3 Å². The molecular formula is C68H69N4OPt-3. The molecule has 74 heavy (non-hydrogen) atoms. The Kier molecular flexibility index (Phi) is 13.8. The minimum Gasteiger partial charge on any atom is -0.509 e. The Bertz CT molecular complexity index is 3510. The summed E-state index contributed by atoms with van der Waals surface area (Å²) in [6, 6.07) is 68.9. The largest absolute Gasteiger partial charge is 0.509 e. The molecule has 0 unspecified atom stereocenters. The van der Waals surface area contributed by atoms with Crippen molar-refractivity contribution >= 4 is 33.2 Å². The van der Waals surface area contributed by atoms with Gasteiger partial charge in [-0.15, -0.1) is 53.6 Å². The fourth-order valence-corrected chi connectivity index (χ4v) is 10.4. The topological polar surface area (TPSA) is 33.5 Å². The monoisotopic (exact) mass is 1150 g/mol. The molecule has 3 heterocycles. The Morgan fingerprint density at radius 3 is 1.62 bits per heavy atom. The molecule has 0 saturated heterocycles. The predicted molar refractivity (Wildman–Crippen MR) is 306 cm³/mol. The van der Waals surface area contributed by atoms with Crippen LogP contribution in [0.3, 0.4) is 0 Å². The van der Waals surface area contributed by atoms with E-state index in [4.69, 9.17) is 9.72 Å². The molecule has 1 aliphatic heterocycles. The Hall–Kier alpha value is -6.68. The van der Waals surface area contributed by atoms with Gasteiger partial charge in [-0.2, -0.15) is 6.07 Å². The summed E-state index contributed by atoms with van der Waals surface area (Å²) in [4.78, 5) is 9.83. The van der Waals surface area contributed by atoms with Gasteiger partial charge in [0, 0.05) is 72.2 Å². The van der Waals surface area contributed by atoms with Crippen LogP contribution in [0.5, 0.6) is 11.5 Å². The van der Waals surface area contributed by atoms with Gasteiger partial charge in [-0.25, -0.2) is 4.98 Å². The maximum absolute atomic E-state index is 7.10. The number of nitrogens with zero attached hydrogens (tertiary/aromatic N) is 4. The van der Waals surface area contributed by atoms with Gasteiger partial charge in [-0.1, -0.05) is 211 Å². The second-order valence-corrected chi connectivity index (χ2v) is 24.0. The summed E-state index contributed by atoms with van der Waals surface area (Å²) in [5.74, 6) is 2.05. The average Bonchev–Trinajstić information content (AvgIpc) is 3.94. The van der Waals surface area contributed by atoms with Crippen molar-refractivity contribution in [2.24, 2.45) is 0 Å². The fraction of sp³-hybridized carbons (Fsp3) is 0.265. The van der Waals surface area contributed by atoms with Gasteiger partial charge in [-0.3, -0.25) is 0 Å². The number of allylic oxidation sites excluding steroid dienone is 2. The van der Waals surface area contributed by atoms with Gasteiger partial charge in [0.1, 0.15) is 5.82 Å². The van der Waals surface area contributed by atoms with Gasteiger partial charge in [0.05, 0.1) is 0 Å². The summed E-state index contributed by atoms with van der Waals surface area (Å²) in [7, 11) is 0. The summed E-state index contributed by atoms with van der Waals surface area (Å²) in [6.45, 7) is 32.1. The molecule has 2 aromatic heterocycles. The average molecular weight is 1150 g/mol. The molecule has 380 valence electrons.